The number of benzene rings is 1. The first kappa shape index (κ1) is 17.0. The molecular formula is C19H27N3O2. The fourth-order valence-electron chi connectivity index (χ4n) is 3.91. The van der Waals surface area contributed by atoms with Crippen molar-refractivity contribution < 1.29 is 9.59 Å². The molecule has 2 aliphatic heterocycles. The van der Waals surface area contributed by atoms with E-state index in [2.05, 4.69) is 11.9 Å². The van der Waals surface area contributed by atoms with Gasteiger partial charge in [-0.15, -0.1) is 0 Å². The summed E-state index contributed by atoms with van der Waals surface area (Å²) in [4.78, 5) is 31.7. The number of hydrogen-bond donors (Lipinski definition) is 0. The molecule has 3 rings (SSSR count). The molecule has 0 aromatic heterocycles. The van der Waals surface area contributed by atoms with Crippen LogP contribution in [0, 0.1) is 5.92 Å². The monoisotopic (exact) mass is 329 g/mol. The molecule has 1 aromatic carbocycles. The largest absolute Gasteiger partial charge is 0.340 e. The predicted molar refractivity (Wildman–Crippen MR) is 93.4 cm³/mol. The summed E-state index contributed by atoms with van der Waals surface area (Å²) in [6.45, 7) is 6.05. The van der Waals surface area contributed by atoms with Crippen molar-refractivity contribution in [3.05, 3.63) is 35.9 Å². The minimum Gasteiger partial charge on any atom is -0.340 e. The highest BCUT2D eigenvalue weighted by Gasteiger charge is 2.41. The van der Waals surface area contributed by atoms with Crippen LogP contribution in [0.2, 0.25) is 0 Å². The van der Waals surface area contributed by atoms with Gasteiger partial charge >= 0.3 is 0 Å². The lowest BCUT2D eigenvalue weighted by atomic mass is 9.83. The Morgan fingerprint density at radius 2 is 1.79 bits per heavy atom. The molecule has 2 heterocycles. The first-order chi connectivity index (χ1) is 11.6. The Morgan fingerprint density at radius 1 is 1.12 bits per heavy atom. The van der Waals surface area contributed by atoms with Crippen LogP contribution in [0.1, 0.15) is 31.4 Å². The quantitative estimate of drug-likeness (QED) is 0.849. The molecule has 24 heavy (non-hydrogen) atoms. The van der Waals surface area contributed by atoms with E-state index in [0.717, 1.165) is 31.7 Å². The van der Waals surface area contributed by atoms with Gasteiger partial charge in [0.1, 0.15) is 0 Å². The molecule has 0 saturated carbocycles. The van der Waals surface area contributed by atoms with E-state index in [9.17, 15) is 9.59 Å². The maximum Gasteiger partial charge on any atom is 0.228 e. The predicted octanol–water partition coefficient (Wildman–Crippen LogP) is 1.76. The van der Waals surface area contributed by atoms with Gasteiger partial charge in [0.05, 0.1) is 12.0 Å². The zero-order valence-electron chi connectivity index (χ0n) is 14.6. The number of nitrogens with zero attached hydrogens (tertiary/aromatic N) is 3. The fraction of sp³-hybridized carbons (Fsp3) is 0.579. The molecular weight excluding hydrogens is 302 g/mol. The van der Waals surface area contributed by atoms with Gasteiger partial charge in [0.15, 0.2) is 0 Å². The van der Waals surface area contributed by atoms with Gasteiger partial charge in [-0.25, -0.2) is 0 Å². The normalized spacial score (nSPS) is 25.8. The minimum absolute atomic E-state index is 0.131. The second kappa shape index (κ2) is 7.34. The molecule has 2 saturated heterocycles. The molecule has 2 amide bonds. The van der Waals surface area contributed by atoms with Gasteiger partial charge in [-0.05, 0) is 26.0 Å². The van der Waals surface area contributed by atoms with E-state index in [4.69, 9.17) is 0 Å². The second-order valence-corrected chi connectivity index (χ2v) is 6.81. The first-order valence-electron chi connectivity index (χ1n) is 8.93. The zero-order chi connectivity index (χ0) is 17.1. The summed E-state index contributed by atoms with van der Waals surface area (Å²) >= 11 is 0. The summed E-state index contributed by atoms with van der Waals surface area (Å²) in [5.41, 5.74) is 1.07. The molecule has 1 aromatic rings. The maximum absolute atomic E-state index is 13.2. The second-order valence-electron chi connectivity index (χ2n) is 6.81. The molecule has 2 aliphatic rings. The number of rotatable bonds is 3. The topological polar surface area (TPSA) is 43.9 Å². The lowest BCUT2D eigenvalue weighted by Gasteiger charge is -2.43. The molecule has 2 fully saturated rings. The summed E-state index contributed by atoms with van der Waals surface area (Å²) in [5.74, 6) is 0.241. The molecule has 5 heteroatoms. The van der Waals surface area contributed by atoms with Gasteiger partial charge < -0.3 is 14.7 Å². The van der Waals surface area contributed by atoms with Crippen LogP contribution in [-0.2, 0) is 9.59 Å². The van der Waals surface area contributed by atoms with Crippen LogP contribution in [0.15, 0.2) is 30.3 Å². The molecule has 5 nitrogen and oxygen atoms in total. The highest BCUT2D eigenvalue weighted by Crippen LogP contribution is 2.37. The van der Waals surface area contributed by atoms with Gasteiger partial charge in [-0.3, -0.25) is 9.59 Å². The van der Waals surface area contributed by atoms with Gasteiger partial charge in [0, 0.05) is 39.1 Å². The first-order valence-corrected chi connectivity index (χ1v) is 8.93. The van der Waals surface area contributed by atoms with Crippen LogP contribution in [0.25, 0.3) is 0 Å². The number of likely N-dealkylation sites (tertiary alicyclic amines) is 1. The van der Waals surface area contributed by atoms with Crippen molar-refractivity contribution in [2.24, 2.45) is 5.92 Å². The van der Waals surface area contributed by atoms with Crippen molar-refractivity contribution in [2.75, 3.05) is 39.8 Å². The van der Waals surface area contributed by atoms with Gasteiger partial charge in [-0.2, -0.15) is 0 Å². The number of hydrogen-bond acceptors (Lipinski definition) is 3. The number of piperazine rings is 1. The average Bonchev–Trinajstić information content (AvgIpc) is 2.62. The highest BCUT2D eigenvalue weighted by molar-refractivity contribution is 5.85. The van der Waals surface area contributed by atoms with Crippen LogP contribution < -0.4 is 0 Å². The Balaban J connectivity index is 1.86. The standard InChI is InChI=1S/C19H27N3O2/c1-3-22-17(23)10-9-16(18(22)15-7-5-4-6-8-15)19(24)21-13-11-20(2)12-14-21/h4-8,16,18H,3,9-14H2,1-2H3/t16-,18+/m1/s1. The maximum atomic E-state index is 13.2. The molecule has 130 valence electrons. The number of carbonyl (C=O) groups is 2. The van der Waals surface area contributed by atoms with Crippen LogP contribution in [0.3, 0.4) is 0 Å². The number of piperidine rings is 1. The zero-order valence-corrected chi connectivity index (χ0v) is 14.6. The van der Waals surface area contributed by atoms with E-state index >= 15 is 0 Å². The molecule has 0 spiro atoms. The number of likely N-dealkylation sites (N-methyl/N-ethyl adjacent to an activating group) is 1. The summed E-state index contributed by atoms with van der Waals surface area (Å²) < 4.78 is 0. The molecule has 0 unspecified atom stereocenters. The van der Waals surface area contributed by atoms with E-state index in [1.165, 1.54) is 0 Å². The third-order valence-electron chi connectivity index (χ3n) is 5.32. The minimum atomic E-state index is -0.135. The van der Waals surface area contributed by atoms with Crippen LogP contribution in [-0.4, -0.2) is 66.3 Å². The molecule has 0 bridgehead atoms. The van der Waals surface area contributed by atoms with Crippen LogP contribution >= 0.6 is 0 Å². The third kappa shape index (κ3) is 3.31. The fourth-order valence-corrected chi connectivity index (χ4v) is 3.91. The molecule has 0 radical (unpaired) electrons. The summed E-state index contributed by atoms with van der Waals surface area (Å²) in [7, 11) is 2.09. The Bertz CT molecular complexity index is 582. The summed E-state index contributed by atoms with van der Waals surface area (Å²) in [5, 5.41) is 0. The van der Waals surface area contributed by atoms with E-state index in [-0.39, 0.29) is 23.8 Å². The molecule has 2 atom stereocenters. The Kier molecular flexibility index (Phi) is 5.19. The average molecular weight is 329 g/mol. The number of amides is 2. The van der Waals surface area contributed by atoms with E-state index < -0.39 is 0 Å². The SMILES string of the molecule is CCN1C(=O)CC[C@@H](C(=O)N2CCN(C)CC2)[C@@H]1c1ccccc1. The van der Waals surface area contributed by atoms with E-state index in [1.54, 1.807) is 0 Å². The Morgan fingerprint density at radius 3 is 2.42 bits per heavy atom. The van der Waals surface area contributed by atoms with Gasteiger partial charge in [-0.1, -0.05) is 30.3 Å². The molecule has 0 aliphatic carbocycles. The van der Waals surface area contributed by atoms with Crippen molar-refractivity contribution in [3.63, 3.8) is 0 Å². The lowest BCUT2D eigenvalue weighted by Crippen LogP contribution is -2.53. The van der Waals surface area contributed by atoms with Crippen LogP contribution in [0.4, 0.5) is 0 Å². The van der Waals surface area contributed by atoms with E-state index in [0.29, 0.717) is 19.4 Å². The summed E-state index contributed by atoms with van der Waals surface area (Å²) in [6, 6.07) is 9.89. The lowest BCUT2D eigenvalue weighted by molar-refractivity contribution is -0.148. The number of carbonyl (C=O) groups excluding carboxylic acids is 2. The third-order valence-corrected chi connectivity index (χ3v) is 5.32. The van der Waals surface area contributed by atoms with Gasteiger partial charge in [0.25, 0.3) is 0 Å². The summed E-state index contributed by atoms with van der Waals surface area (Å²) in [6.07, 6.45) is 1.13. The Labute approximate surface area is 144 Å². The van der Waals surface area contributed by atoms with Crippen molar-refractivity contribution >= 4 is 11.8 Å². The Hall–Kier alpha value is -1.88. The van der Waals surface area contributed by atoms with Crippen LogP contribution in [0.5, 0.6) is 0 Å². The van der Waals surface area contributed by atoms with Crippen molar-refractivity contribution in [2.45, 2.75) is 25.8 Å². The van der Waals surface area contributed by atoms with Gasteiger partial charge in [0.2, 0.25) is 11.8 Å². The van der Waals surface area contributed by atoms with Crippen molar-refractivity contribution in [1.82, 2.24) is 14.7 Å². The highest BCUT2D eigenvalue weighted by atomic mass is 16.2. The van der Waals surface area contributed by atoms with Crippen molar-refractivity contribution in [1.29, 1.82) is 0 Å². The molecule has 0 N–H and O–H groups in total. The van der Waals surface area contributed by atoms with Crippen molar-refractivity contribution in [3.8, 4) is 0 Å². The van der Waals surface area contributed by atoms with E-state index in [1.807, 2.05) is 47.1 Å². The smallest absolute Gasteiger partial charge is 0.228 e.